The molecule has 0 aromatic heterocycles. The van der Waals surface area contributed by atoms with Crippen molar-refractivity contribution in [3.8, 4) is 11.5 Å². The van der Waals surface area contributed by atoms with E-state index in [0.717, 1.165) is 22.9 Å². The van der Waals surface area contributed by atoms with E-state index in [0.29, 0.717) is 24.2 Å². The summed E-state index contributed by atoms with van der Waals surface area (Å²) in [5, 5.41) is 6.80. The first kappa shape index (κ1) is 25.2. The second-order valence-electron chi connectivity index (χ2n) is 7.29. The predicted octanol–water partition coefficient (Wildman–Crippen LogP) is 7.06. The number of fused-ring (bicyclic) bond motifs is 1. The summed E-state index contributed by atoms with van der Waals surface area (Å²) in [5.41, 5.74) is 4.75. The first-order valence-electron chi connectivity index (χ1n) is 11.1. The van der Waals surface area contributed by atoms with Crippen LogP contribution in [0.25, 0.3) is 6.08 Å². The Morgan fingerprint density at radius 2 is 1.33 bits per heavy atom. The van der Waals surface area contributed by atoms with Gasteiger partial charge in [0.15, 0.2) is 5.11 Å². The summed E-state index contributed by atoms with van der Waals surface area (Å²) in [6.07, 6.45) is 4.56. The number of hydrogen-bond donors (Lipinski definition) is 2. The zero-order chi connectivity index (χ0) is 23.5. The molecule has 0 amide bonds. The van der Waals surface area contributed by atoms with Crippen LogP contribution in [0.3, 0.4) is 0 Å². The van der Waals surface area contributed by atoms with Crippen LogP contribution in [0.2, 0.25) is 4.13 Å². The minimum absolute atomic E-state index is 0.535. The van der Waals surface area contributed by atoms with Crippen molar-refractivity contribution < 1.29 is 34.2 Å². The van der Waals surface area contributed by atoms with Gasteiger partial charge in [0.25, 0.3) is 0 Å². The zero-order valence-corrected chi connectivity index (χ0v) is 22.3. The summed E-state index contributed by atoms with van der Waals surface area (Å²) >= 11 is 6.93. The number of rotatable bonds is 7. The van der Waals surface area contributed by atoms with Gasteiger partial charge in [-0.25, -0.2) is 0 Å². The summed E-state index contributed by atoms with van der Waals surface area (Å²) in [5.74, 6) is 2.40. The van der Waals surface area contributed by atoms with Gasteiger partial charge in [-0.3, -0.25) is 0 Å². The van der Waals surface area contributed by atoms with Gasteiger partial charge in [-0.1, -0.05) is 0 Å². The average molecular weight is 537 g/mol. The summed E-state index contributed by atoms with van der Waals surface area (Å²) in [7, 11) is 0. The molecule has 0 radical (unpaired) electrons. The number of nitrogens with one attached hydrogen (secondary N) is 2. The standard InChI is InChI=1S/C17H20N2O2S.C10H9.Zr/c1-3-20-15-9-5-13(6-10-15)18-17(22)19-14-7-11-16(12-8-14)21-4-2;1-8-6-7-9-4-2-3-5-10(8)9;/h5-12H,3-4H2,1-2H3,(H2,18,19,22);2-8H,1H2;. The van der Waals surface area contributed by atoms with Crippen LogP contribution in [-0.2, 0) is 24.7 Å². The fourth-order valence-electron chi connectivity index (χ4n) is 3.40. The second-order valence-corrected chi connectivity index (χ2v) is 8.70. The van der Waals surface area contributed by atoms with Crippen LogP contribution in [0.4, 0.5) is 11.4 Å². The Morgan fingerprint density at radius 1 is 0.818 bits per heavy atom. The third-order valence-electron chi connectivity index (χ3n) is 4.97. The molecule has 1 unspecified atom stereocenters. The van der Waals surface area contributed by atoms with Crippen LogP contribution in [0.1, 0.15) is 30.9 Å². The van der Waals surface area contributed by atoms with Crippen LogP contribution in [0.15, 0.2) is 78.9 Å². The number of allylic oxidation sites excluding steroid dienone is 1. The predicted molar refractivity (Wildman–Crippen MR) is 138 cm³/mol. The molecule has 33 heavy (non-hydrogen) atoms. The minimum atomic E-state index is 0.535. The zero-order valence-electron chi connectivity index (χ0n) is 19.0. The van der Waals surface area contributed by atoms with Crippen molar-refractivity contribution in [2.45, 2.75) is 23.9 Å². The number of benzene rings is 3. The maximum absolute atomic E-state index is 5.40. The summed E-state index contributed by atoms with van der Waals surface area (Å²) < 4.78 is 12.1. The Bertz CT molecular complexity index is 999. The van der Waals surface area contributed by atoms with Crippen molar-refractivity contribution >= 4 is 34.8 Å². The van der Waals surface area contributed by atoms with E-state index in [1.165, 1.54) is 15.3 Å². The molecule has 3 aromatic rings. The van der Waals surface area contributed by atoms with Crippen molar-refractivity contribution in [3.05, 3.63) is 90.0 Å². The molecule has 169 valence electrons. The fourth-order valence-corrected chi connectivity index (χ4v) is 4.51. The molecular weight excluding hydrogens is 508 g/mol. The Hall–Kier alpha value is -2.43. The van der Waals surface area contributed by atoms with E-state index in [1.807, 2.05) is 62.4 Å². The molecule has 4 nitrogen and oxygen atoms in total. The third-order valence-corrected chi connectivity index (χ3v) is 6.26. The molecule has 0 heterocycles. The van der Waals surface area contributed by atoms with Gasteiger partial charge in [0, 0.05) is 11.4 Å². The van der Waals surface area contributed by atoms with Gasteiger partial charge in [0.1, 0.15) is 11.5 Å². The first-order valence-corrected chi connectivity index (χ1v) is 13.2. The molecule has 0 bridgehead atoms. The molecule has 4 rings (SSSR count). The van der Waals surface area contributed by atoms with Gasteiger partial charge in [-0.05, 0) is 74.6 Å². The topological polar surface area (TPSA) is 42.5 Å². The average Bonchev–Trinajstić information content (AvgIpc) is 3.26. The van der Waals surface area contributed by atoms with E-state index < -0.39 is 0 Å². The van der Waals surface area contributed by atoms with E-state index in [9.17, 15) is 0 Å². The van der Waals surface area contributed by atoms with Crippen LogP contribution in [0.5, 0.6) is 11.5 Å². The van der Waals surface area contributed by atoms with Crippen molar-refractivity contribution in [3.63, 3.8) is 0 Å². The normalized spacial score (nSPS) is 13.3. The van der Waals surface area contributed by atoms with Crippen LogP contribution < -0.4 is 20.1 Å². The Morgan fingerprint density at radius 3 is 1.82 bits per heavy atom. The van der Waals surface area contributed by atoms with Crippen molar-refractivity contribution in [1.82, 2.24) is 0 Å². The maximum atomic E-state index is 5.40. The molecule has 0 fully saturated rings. The van der Waals surface area contributed by atoms with E-state index >= 15 is 0 Å². The van der Waals surface area contributed by atoms with Crippen LogP contribution >= 0.6 is 12.2 Å². The third kappa shape index (κ3) is 7.83. The molecule has 3 aromatic carbocycles. The van der Waals surface area contributed by atoms with Crippen LogP contribution in [0, 0.1) is 0 Å². The monoisotopic (exact) mass is 535 g/mol. The summed E-state index contributed by atoms with van der Waals surface area (Å²) in [4.78, 5) is 0. The van der Waals surface area contributed by atoms with Gasteiger partial charge in [0.2, 0.25) is 0 Å². The van der Waals surface area contributed by atoms with Crippen molar-refractivity contribution in [2.24, 2.45) is 0 Å². The summed E-state index contributed by atoms with van der Waals surface area (Å²) in [6.45, 7) is 5.24. The molecule has 0 aliphatic heterocycles. The molecule has 1 atom stereocenters. The first-order chi connectivity index (χ1) is 16.1. The SMILES string of the molecule is CCOc1ccc(NC(=S)Nc2ccc(OCC)cc2)cc1.[Zr][CH2]C1C=Cc2ccccc21. The van der Waals surface area contributed by atoms with Gasteiger partial charge in [-0.15, -0.1) is 0 Å². The van der Waals surface area contributed by atoms with Gasteiger partial charge < -0.3 is 20.1 Å². The molecule has 2 N–H and O–H groups in total. The molecule has 6 heteroatoms. The Labute approximate surface area is 217 Å². The molecule has 1 aliphatic carbocycles. The Balaban J connectivity index is 0.000000231. The van der Waals surface area contributed by atoms with Crippen LogP contribution in [-0.4, -0.2) is 18.3 Å². The van der Waals surface area contributed by atoms with E-state index in [-0.39, 0.29) is 0 Å². The van der Waals surface area contributed by atoms with Gasteiger partial charge in [-0.2, -0.15) is 0 Å². The van der Waals surface area contributed by atoms with E-state index in [4.69, 9.17) is 21.7 Å². The molecule has 0 saturated carbocycles. The van der Waals surface area contributed by atoms with E-state index in [2.05, 4.69) is 47.1 Å². The van der Waals surface area contributed by atoms with Gasteiger partial charge in [0.05, 0.1) is 13.2 Å². The number of thiocarbonyl (C=S) groups is 1. The quantitative estimate of drug-likeness (QED) is 0.317. The molecule has 1 aliphatic rings. The summed E-state index contributed by atoms with van der Waals surface area (Å²) in [6, 6.07) is 24.0. The fraction of sp³-hybridized carbons (Fsp3) is 0.222. The molecule has 0 spiro atoms. The van der Waals surface area contributed by atoms with E-state index in [1.54, 1.807) is 24.7 Å². The molecule has 0 saturated heterocycles. The number of ether oxygens (including phenoxy) is 2. The van der Waals surface area contributed by atoms with Crippen molar-refractivity contribution in [2.75, 3.05) is 23.8 Å². The number of hydrogen-bond acceptors (Lipinski definition) is 3. The number of anilines is 2. The van der Waals surface area contributed by atoms with Gasteiger partial charge >= 0.3 is 82.3 Å². The molecular formula is C27H29N2O2SZr. The second kappa shape index (κ2) is 13.3. The van der Waals surface area contributed by atoms with Crippen molar-refractivity contribution in [1.29, 1.82) is 0 Å². The Kier molecular flexibility index (Phi) is 10.2.